The summed E-state index contributed by atoms with van der Waals surface area (Å²) >= 11 is 0. The minimum absolute atomic E-state index is 0.223. The van der Waals surface area contributed by atoms with Crippen LogP contribution in [0.15, 0.2) is 48.5 Å². The van der Waals surface area contributed by atoms with E-state index in [4.69, 9.17) is 14.5 Å². The highest BCUT2D eigenvalue weighted by atomic mass is 32.2. The van der Waals surface area contributed by atoms with Crippen molar-refractivity contribution in [3.05, 3.63) is 54.1 Å². The zero-order valence-electron chi connectivity index (χ0n) is 20.3. The largest absolute Gasteiger partial charge is 0.493 e. The molecule has 0 unspecified atom stereocenters. The molecule has 2 aromatic carbocycles. The van der Waals surface area contributed by atoms with E-state index < -0.39 is 15.6 Å². The molecule has 1 aliphatic rings. The molecular weight excluding hydrogens is 466 g/mol. The van der Waals surface area contributed by atoms with Crippen molar-refractivity contribution in [3.8, 4) is 22.8 Å². The number of aromatic nitrogens is 1. The smallest absolute Gasteiger partial charge is 0.252 e. The molecule has 0 aliphatic heterocycles. The first kappa shape index (κ1) is 24.9. The van der Waals surface area contributed by atoms with Crippen molar-refractivity contribution in [3.63, 3.8) is 0 Å². The number of sulfonamides is 1. The summed E-state index contributed by atoms with van der Waals surface area (Å²) < 4.78 is 37.6. The third-order valence-electron chi connectivity index (χ3n) is 6.44. The summed E-state index contributed by atoms with van der Waals surface area (Å²) in [6, 6.07) is 14.7. The number of fused-ring (bicyclic) bond motifs is 1. The maximum atomic E-state index is 13.5. The van der Waals surface area contributed by atoms with Crippen molar-refractivity contribution < 1.29 is 22.7 Å². The van der Waals surface area contributed by atoms with Crippen LogP contribution < -0.4 is 19.5 Å². The number of nitrogens with one attached hydrogen (secondary N) is 2. The van der Waals surface area contributed by atoms with Gasteiger partial charge in [0.25, 0.3) is 5.91 Å². The Morgan fingerprint density at radius 1 is 1.00 bits per heavy atom. The van der Waals surface area contributed by atoms with E-state index in [1.165, 1.54) is 0 Å². The van der Waals surface area contributed by atoms with Crippen LogP contribution in [0.2, 0.25) is 0 Å². The number of benzene rings is 2. The molecule has 0 atom stereocenters. The zero-order valence-corrected chi connectivity index (χ0v) is 21.1. The first-order valence-corrected chi connectivity index (χ1v) is 13.5. The van der Waals surface area contributed by atoms with Crippen LogP contribution in [0.25, 0.3) is 22.2 Å². The third kappa shape index (κ3) is 5.74. The molecule has 0 radical (unpaired) electrons. The Bertz CT molecular complexity index is 1330. The highest BCUT2D eigenvalue weighted by Crippen LogP contribution is 2.33. The Labute approximate surface area is 206 Å². The maximum Gasteiger partial charge on any atom is 0.252 e. The van der Waals surface area contributed by atoms with Gasteiger partial charge in [-0.25, -0.2) is 18.1 Å². The minimum atomic E-state index is -3.42. The van der Waals surface area contributed by atoms with Crippen molar-refractivity contribution in [2.45, 2.75) is 37.6 Å². The van der Waals surface area contributed by atoms with Gasteiger partial charge in [0.15, 0.2) is 11.5 Å². The summed E-state index contributed by atoms with van der Waals surface area (Å²) in [5, 5.41) is 3.73. The van der Waals surface area contributed by atoms with E-state index in [1.54, 1.807) is 26.4 Å². The Kier molecular flexibility index (Phi) is 7.28. The number of pyridine rings is 1. The van der Waals surface area contributed by atoms with E-state index in [0.717, 1.165) is 36.5 Å². The number of ether oxygens (including phenoxy) is 2. The number of hydrogen-bond acceptors (Lipinski definition) is 6. The number of rotatable bonds is 8. The molecule has 0 bridgehead atoms. The van der Waals surface area contributed by atoms with Crippen LogP contribution in [0.3, 0.4) is 0 Å². The van der Waals surface area contributed by atoms with E-state index in [1.807, 2.05) is 36.4 Å². The van der Waals surface area contributed by atoms with Crippen LogP contribution in [-0.2, 0) is 10.0 Å². The average Bonchev–Trinajstić information content (AvgIpc) is 2.85. The van der Waals surface area contributed by atoms with E-state index in [9.17, 15) is 13.2 Å². The van der Waals surface area contributed by atoms with Gasteiger partial charge < -0.3 is 14.8 Å². The Morgan fingerprint density at radius 2 is 1.71 bits per heavy atom. The lowest BCUT2D eigenvalue weighted by atomic mass is 9.82. The molecule has 1 heterocycles. The maximum absolute atomic E-state index is 13.5. The van der Waals surface area contributed by atoms with Gasteiger partial charge in [-0.3, -0.25) is 4.79 Å². The molecule has 2 N–H and O–H groups in total. The van der Waals surface area contributed by atoms with E-state index in [2.05, 4.69) is 10.0 Å². The zero-order chi connectivity index (χ0) is 25.1. The van der Waals surface area contributed by atoms with Crippen LogP contribution in [0, 0.1) is 0 Å². The molecule has 9 heteroatoms. The number of carbonyl (C=O) groups excluding carboxylic acids is 1. The summed E-state index contributed by atoms with van der Waals surface area (Å²) in [5.41, 5.74) is 1.90. The highest BCUT2D eigenvalue weighted by Gasteiger charge is 2.35. The second-order valence-corrected chi connectivity index (χ2v) is 10.8. The van der Waals surface area contributed by atoms with Gasteiger partial charge in [0.05, 0.1) is 42.8 Å². The van der Waals surface area contributed by atoms with Crippen LogP contribution in [0.4, 0.5) is 0 Å². The number of hydrogen-bond donors (Lipinski definition) is 2. The summed E-state index contributed by atoms with van der Waals surface area (Å²) in [5.74, 6) is 0.897. The van der Waals surface area contributed by atoms with Gasteiger partial charge in [0, 0.05) is 17.5 Å². The lowest BCUT2D eigenvalue weighted by Gasteiger charge is -2.37. The molecule has 1 amide bonds. The summed E-state index contributed by atoms with van der Waals surface area (Å²) in [4.78, 5) is 18.2. The van der Waals surface area contributed by atoms with Crippen LogP contribution in [0.5, 0.6) is 11.5 Å². The SMILES string of the molecule is COc1ccc(-c2cc(C(=O)NCC3(NS(C)(=O)=O)CCCCC3)c3ccccc3n2)cc1OC. The van der Waals surface area contributed by atoms with Crippen molar-refractivity contribution in [1.29, 1.82) is 0 Å². The van der Waals surface area contributed by atoms with E-state index in [-0.39, 0.29) is 12.5 Å². The lowest BCUT2D eigenvalue weighted by molar-refractivity contribution is 0.0936. The monoisotopic (exact) mass is 497 g/mol. The third-order valence-corrected chi connectivity index (χ3v) is 7.24. The molecule has 8 nitrogen and oxygen atoms in total. The van der Waals surface area contributed by atoms with Crippen LogP contribution in [-0.4, -0.2) is 51.9 Å². The summed E-state index contributed by atoms with van der Waals surface area (Å²) in [6.07, 6.45) is 5.44. The van der Waals surface area contributed by atoms with Crippen molar-refractivity contribution >= 4 is 26.8 Å². The fourth-order valence-electron chi connectivity index (χ4n) is 4.79. The second-order valence-electron chi connectivity index (χ2n) is 9.04. The average molecular weight is 498 g/mol. The molecule has 1 fully saturated rings. The molecule has 0 spiro atoms. The predicted octanol–water partition coefficient (Wildman–Crippen LogP) is 3.90. The van der Waals surface area contributed by atoms with Crippen molar-refractivity contribution in [2.24, 2.45) is 0 Å². The molecule has 1 saturated carbocycles. The Balaban J connectivity index is 1.68. The van der Waals surface area contributed by atoms with Gasteiger partial charge in [-0.05, 0) is 43.2 Å². The molecule has 0 saturated heterocycles. The fourth-order valence-corrected chi connectivity index (χ4v) is 5.85. The first-order chi connectivity index (χ1) is 16.7. The molecule has 1 aliphatic carbocycles. The molecule has 35 heavy (non-hydrogen) atoms. The quantitative estimate of drug-likeness (QED) is 0.489. The van der Waals surface area contributed by atoms with Crippen LogP contribution >= 0.6 is 0 Å². The molecular formula is C26H31N3O5S. The van der Waals surface area contributed by atoms with Crippen molar-refractivity contribution in [2.75, 3.05) is 27.0 Å². The standard InChI is InChI=1S/C26H31N3O5S/c1-33-23-12-11-18(15-24(23)34-2)22-16-20(19-9-5-6-10-21(19)28-22)25(30)27-17-26(29-35(3,31)32)13-7-4-8-14-26/h5-6,9-12,15-16,29H,4,7-8,13-14,17H2,1-3H3,(H,27,30). The minimum Gasteiger partial charge on any atom is -0.493 e. The van der Waals surface area contributed by atoms with Crippen molar-refractivity contribution in [1.82, 2.24) is 15.0 Å². The second kappa shape index (κ2) is 10.2. The van der Waals surface area contributed by atoms with Gasteiger partial charge in [-0.1, -0.05) is 37.5 Å². The lowest BCUT2D eigenvalue weighted by Crippen LogP contribution is -2.56. The molecule has 4 rings (SSSR count). The highest BCUT2D eigenvalue weighted by molar-refractivity contribution is 7.88. The normalized spacial score (nSPS) is 15.5. The van der Waals surface area contributed by atoms with E-state index in [0.29, 0.717) is 41.1 Å². The summed E-state index contributed by atoms with van der Waals surface area (Å²) in [7, 11) is -0.273. The topological polar surface area (TPSA) is 107 Å². The van der Waals surface area contributed by atoms with Gasteiger partial charge >= 0.3 is 0 Å². The molecule has 186 valence electrons. The number of carbonyl (C=O) groups is 1. The van der Waals surface area contributed by atoms with Gasteiger partial charge in [0.1, 0.15) is 0 Å². The number of methoxy groups -OCH3 is 2. The van der Waals surface area contributed by atoms with E-state index >= 15 is 0 Å². The molecule has 3 aromatic rings. The molecule has 1 aromatic heterocycles. The summed E-state index contributed by atoms with van der Waals surface area (Å²) in [6.45, 7) is 0.223. The fraction of sp³-hybridized carbons (Fsp3) is 0.385. The number of amides is 1. The predicted molar refractivity (Wildman–Crippen MR) is 136 cm³/mol. The number of para-hydroxylation sites is 1. The Morgan fingerprint density at radius 3 is 2.40 bits per heavy atom. The van der Waals surface area contributed by atoms with Gasteiger partial charge in [-0.15, -0.1) is 0 Å². The van der Waals surface area contributed by atoms with Crippen LogP contribution in [0.1, 0.15) is 42.5 Å². The number of nitrogens with zero attached hydrogens (tertiary/aromatic N) is 1. The Hall–Kier alpha value is -3.17. The van der Waals surface area contributed by atoms with Gasteiger partial charge in [-0.2, -0.15) is 0 Å². The first-order valence-electron chi connectivity index (χ1n) is 11.6. The van der Waals surface area contributed by atoms with Gasteiger partial charge in [0.2, 0.25) is 10.0 Å².